The summed E-state index contributed by atoms with van der Waals surface area (Å²) in [6, 6.07) is 7.73. The normalized spacial score (nSPS) is 14.2. The molecule has 18 heavy (non-hydrogen) atoms. The zero-order valence-corrected chi connectivity index (χ0v) is 11.1. The van der Waals surface area contributed by atoms with Gasteiger partial charge in [-0.05, 0) is 37.5 Å². The van der Waals surface area contributed by atoms with Gasteiger partial charge in [0.05, 0.1) is 13.2 Å². The fraction of sp³-hybridized carbons (Fsp3) is 0.571. The van der Waals surface area contributed by atoms with Crippen molar-refractivity contribution in [3.63, 3.8) is 0 Å². The van der Waals surface area contributed by atoms with Gasteiger partial charge in [0, 0.05) is 19.2 Å². The minimum atomic E-state index is -0.545. The number of benzene rings is 1. The van der Waals surface area contributed by atoms with E-state index in [4.69, 9.17) is 9.84 Å². The van der Waals surface area contributed by atoms with Gasteiger partial charge in [0.25, 0.3) is 0 Å². The second-order valence-electron chi connectivity index (χ2n) is 4.47. The lowest BCUT2D eigenvalue weighted by molar-refractivity contribution is 0.168. The SMILES string of the molecule is COc1cccc(C(O)CNC(C)CCCO)c1. The first-order chi connectivity index (χ1) is 8.67. The molecule has 0 saturated heterocycles. The van der Waals surface area contributed by atoms with Crippen molar-refractivity contribution in [3.8, 4) is 5.75 Å². The van der Waals surface area contributed by atoms with Crippen molar-refractivity contribution in [2.24, 2.45) is 0 Å². The van der Waals surface area contributed by atoms with Crippen molar-refractivity contribution in [2.45, 2.75) is 31.9 Å². The summed E-state index contributed by atoms with van der Waals surface area (Å²) in [5.41, 5.74) is 0.844. The number of hydrogen-bond donors (Lipinski definition) is 3. The molecule has 0 spiro atoms. The molecule has 4 heteroatoms. The quantitative estimate of drug-likeness (QED) is 0.656. The molecule has 0 aliphatic rings. The van der Waals surface area contributed by atoms with E-state index in [9.17, 15) is 5.11 Å². The third-order valence-electron chi connectivity index (χ3n) is 2.93. The molecule has 102 valence electrons. The molecule has 2 atom stereocenters. The largest absolute Gasteiger partial charge is 0.497 e. The Morgan fingerprint density at radius 1 is 1.39 bits per heavy atom. The summed E-state index contributed by atoms with van der Waals surface area (Å²) in [6.07, 6.45) is 1.14. The lowest BCUT2D eigenvalue weighted by Crippen LogP contribution is -2.30. The van der Waals surface area contributed by atoms with E-state index in [1.54, 1.807) is 7.11 Å². The third-order valence-corrected chi connectivity index (χ3v) is 2.93. The van der Waals surface area contributed by atoms with E-state index in [-0.39, 0.29) is 12.6 Å². The first-order valence-electron chi connectivity index (χ1n) is 6.33. The van der Waals surface area contributed by atoms with Gasteiger partial charge in [-0.15, -0.1) is 0 Å². The molecule has 1 aromatic carbocycles. The van der Waals surface area contributed by atoms with E-state index >= 15 is 0 Å². The Morgan fingerprint density at radius 2 is 2.17 bits per heavy atom. The molecule has 4 nitrogen and oxygen atoms in total. The van der Waals surface area contributed by atoms with Crippen molar-refractivity contribution in [1.82, 2.24) is 5.32 Å². The summed E-state index contributed by atoms with van der Waals surface area (Å²) >= 11 is 0. The lowest BCUT2D eigenvalue weighted by atomic mass is 10.1. The van der Waals surface area contributed by atoms with Crippen molar-refractivity contribution in [1.29, 1.82) is 0 Å². The molecule has 2 unspecified atom stereocenters. The standard InChI is InChI=1S/C14H23NO3/c1-11(5-4-8-16)15-10-14(17)12-6-3-7-13(9-12)18-2/h3,6-7,9,11,14-17H,4-5,8,10H2,1-2H3. The van der Waals surface area contributed by atoms with Crippen molar-refractivity contribution in [2.75, 3.05) is 20.3 Å². The number of nitrogens with one attached hydrogen (secondary N) is 1. The molecule has 1 rings (SSSR count). The summed E-state index contributed by atoms with van der Waals surface area (Å²) in [5, 5.41) is 22.0. The van der Waals surface area contributed by atoms with Crippen LogP contribution in [0.4, 0.5) is 0 Å². The number of ether oxygens (including phenoxy) is 1. The molecular formula is C14H23NO3. The predicted octanol–water partition coefficient (Wildman–Crippen LogP) is 1.48. The molecule has 0 aromatic heterocycles. The monoisotopic (exact) mass is 253 g/mol. The maximum atomic E-state index is 10.0. The highest BCUT2D eigenvalue weighted by atomic mass is 16.5. The van der Waals surface area contributed by atoms with E-state index < -0.39 is 6.10 Å². The van der Waals surface area contributed by atoms with E-state index in [0.717, 1.165) is 24.2 Å². The van der Waals surface area contributed by atoms with Crippen LogP contribution in [-0.4, -0.2) is 36.5 Å². The van der Waals surface area contributed by atoms with Gasteiger partial charge in [0.15, 0.2) is 0 Å². The summed E-state index contributed by atoms with van der Waals surface area (Å²) in [5.74, 6) is 0.750. The number of methoxy groups -OCH3 is 1. The number of hydrogen-bond acceptors (Lipinski definition) is 4. The van der Waals surface area contributed by atoms with Crippen LogP contribution in [-0.2, 0) is 0 Å². The van der Waals surface area contributed by atoms with Crippen LogP contribution in [0.2, 0.25) is 0 Å². The van der Waals surface area contributed by atoms with Gasteiger partial charge < -0.3 is 20.3 Å². The van der Waals surface area contributed by atoms with Crippen molar-refractivity contribution in [3.05, 3.63) is 29.8 Å². The van der Waals surface area contributed by atoms with Gasteiger partial charge in [0.1, 0.15) is 5.75 Å². The average molecular weight is 253 g/mol. The fourth-order valence-corrected chi connectivity index (χ4v) is 1.78. The molecule has 0 aliphatic carbocycles. The number of rotatable bonds is 8. The Hall–Kier alpha value is -1.10. The van der Waals surface area contributed by atoms with Crippen LogP contribution in [0, 0.1) is 0 Å². The maximum Gasteiger partial charge on any atom is 0.119 e. The molecule has 0 heterocycles. The van der Waals surface area contributed by atoms with Crippen molar-refractivity contribution >= 4 is 0 Å². The predicted molar refractivity (Wildman–Crippen MR) is 71.7 cm³/mol. The summed E-state index contributed by atoms with van der Waals surface area (Å²) in [4.78, 5) is 0. The first-order valence-corrected chi connectivity index (χ1v) is 6.33. The van der Waals surface area contributed by atoms with Gasteiger partial charge in [-0.1, -0.05) is 12.1 Å². The molecule has 0 saturated carbocycles. The number of aliphatic hydroxyl groups is 2. The first kappa shape index (κ1) is 15.0. The van der Waals surface area contributed by atoms with Gasteiger partial charge in [0.2, 0.25) is 0 Å². The van der Waals surface area contributed by atoms with E-state index in [1.807, 2.05) is 31.2 Å². The van der Waals surface area contributed by atoms with Crippen LogP contribution >= 0.6 is 0 Å². The summed E-state index contributed by atoms with van der Waals surface area (Å²) < 4.78 is 5.12. The van der Waals surface area contributed by atoms with Crippen LogP contribution in [0.3, 0.4) is 0 Å². The third kappa shape index (κ3) is 5.04. The summed E-state index contributed by atoms with van der Waals surface area (Å²) in [6.45, 7) is 2.76. The average Bonchev–Trinajstić information content (AvgIpc) is 2.42. The minimum Gasteiger partial charge on any atom is -0.497 e. The Kier molecular flexibility index (Phi) is 6.72. The van der Waals surface area contributed by atoms with Crippen LogP contribution in [0.15, 0.2) is 24.3 Å². The van der Waals surface area contributed by atoms with E-state index in [0.29, 0.717) is 6.54 Å². The molecule has 0 amide bonds. The van der Waals surface area contributed by atoms with Crippen LogP contribution in [0.25, 0.3) is 0 Å². The zero-order chi connectivity index (χ0) is 13.4. The Bertz CT molecular complexity index is 344. The lowest BCUT2D eigenvalue weighted by Gasteiger charge is -2.17. The van der Waals surface area contributed by atoms with Gasteiger partial charge in [-0.25, -0.2) is 0 Å². The topological polar surface area (TPSA) is 61.7 Å². The molecule has 0 radical (unpaired) electrons. The highest BCUT2D eigenvalue weighted by Gasteiger charge is 2.10. The van der Waals surface area contributed by atoms with Gasteiger partial charge in [-0.2, -0.15) is 0 Å². The molecule has 0 fully saturated rings. The molecular weight excluding hydrogens is 230 g/mol. The zero-order valence-electron chi connectivity index (χ0n) is 11.1. The summed E-state index contributed by atoms with van der Waals surface area (Å²) in [7, 11) is 1.61. The van der Waals surface area contributed by atoms with Gasteiger partial charge >= 0.3 is 0 Å². The smallest absolute Gasteiger partial charge is 0.119 e. The Balaban J connectivity index is 2.41. The molecule has 0 aliphatic heterocycles. The van der Waals surface area contributed by atoms with Crippen LogP contribution < -0.4 is 10.1 Å². The van der Waals surface area contributed by atoms with Crippen LogP contribution in [0.5, 0.6) is 5.75 Å². The second kappa shape index (κ2) is 8.08. The maximum absolute atomic E-state index is 10.0. The van der Waals surface area contributed by atoms with E-state index in [2.05, 4.69) is 5.32 Å². The molecule has 1 aromatic rings. The van der Waals surface area contributed by atoms with E-state index in [1.165, 1.54) is 0 Å². The highest BCUT2D eigenvalue weighted by Crippen LogP contribution is 2.18. The second-order valence-corrected chi connectivity index (χ2v) is 4.47. The molecule has 3 N–H and O–H groups in total. The highest BCUT2D eigenvalue weighted by molar-refractivity contribution is 5.29. The van der Waals surface area contributed by atoms with Crippen molar-refractivity contribution < 1.29 is 14.9 Å². The molecule has 0 bridgehead atoms. The van der Waals surface area contributed by atoms with Gasteiger partial charge in [-0.3, -0.25) is 0 Å². The Morgan fingerprint density at radius 3 is 2.83 bits per heavy atom. The fourth-order valence-electron chi connectivity index (χ4n) is 1.78. The van der Waals surface area contributed by atoms with Crippen LogP contribution in [0.1, 0.15) is 31.4 Å². The Labute approximate surface area is 109 Å². The minimum absolute atomic E-state index is 0.213. The number of aliphatic hydroxyl groups excluding tert-OH is 2.